The average Bonchev–Trinajstić information content (AvgIpc) is 2.54. The lowest BCUT2D eigenvalue weighted by Gasteiger charge is -2.14. The monoisotopic (exact) mass is 340 g/mol. The molecule has 124 valence electrons. The van der Waals surface area contributed by atoms with Crippen LogP contribution >= 0.6 is 0 Å². The number of rotatable bonds is 2. The van der Waals surface area contributed by atoms with Gasteiger partial charge in [0.1, 0.15) is 11.4 Å². The molecule has 2 rings (SSSR count). The van der Waals surface area contributed by atoms with Crippen LogP contribution in [0.3, 0.4) is 0 Å². The van der Waals surface area contributed by atoms with Gasteiger partial charge in [-0.2, -0.15) is 17.6 Å². The van der Waals surface area contributed by atoms with Crippen molar-refractivity contribution in [1.29, 1.82) is 0 Å². The molecule has 11 heteroatoms. The van der Waals surface area contributed by atoms with Gasteiger partial charge >= 0.3 is 0 Å². The first-order valence-corrected chi connectivity index (χ1v) is 5.57. The molecule has 0 aliphatic heterocycles. The number of aromatic hydroxyl groups is 2. The molecule has 0 amide bonds. The van der Waals surface area contributed by atoms with Gasteiger partial charge in [0.2, 0.25) is 34.8 Å². The molecule has 23 heavy (non-hydrogen) atoms. The van der Waals surface area contributed by atoms with Crippen molar-refractivity contribution in [2.24, 2.45) is 0 Å². The molecule has 6 N–H and O–H groups in total. The van der Waals surface area contributed by atoms with Crippen molar-refractivity contribution in [2.45, 2.75) is 0 Å². The van der Waals surface area contributed by atoms with Crippen molar-refractivity contribution in [3.63, 3.8) is 0 Å². The minimum Gasteiger partial charge on any atom is -0.503 e. The van der Waals surface area contributed by atoms with E-state index in [0.29, 0.717) is 0 Å². The van der Waals surface area contributed by atoms with Crippen molar-refractivity contribution in [2.75, 3.05) is 11.5 Å². The van der Waals surface area contributed by atoms with Gasteiger partial charge < -0.3 is 26.4 Å². The number of phenolic OH excluding ortho intramolecular Hbond substituents is 2. The van der Waals surface area contributed by atoms with Gasteiger partial charge in [0.05, 0.1) is 0 Å². The van der Waals surface area contributed by atoms with E-state index in [9.17, 15) is 26.3 Å². The second-order valence-electron chi connectivity index (χ2n) is 4.17. The maximum absolute atomic E-state index is 13.6. The van der Waals surface area contributed by atoms with E-state index < -0.39 is 69.3 Å². The lowest BCUT2D eigenvalue weighted by molar-refractivity contribution is 0.323. The topological polar surface area (TPSA) is 102 Å². The molecule has 0 spiro atoms. The highest BCUT2D eigenvalue weighted by molar-refractivity contribution is 5.61. The van der Waals surface area contributed by atoms with E-state index in [2.05, 4.69) is 4.74 Å². The summed E-state index contributed by atoms with van der Waals surface area (Å²) in [6.07, 6.45) is 0. The number of phenols is 2. The smallest absolute Gasteiger partial charge is 0.212 e. The summed E-state index contributed by atoms with van der Waals surface area (Å²) in [6.45, 7) is 0. The molecular weight excluding hydrogens is 334 g/mol. The van der Waals surface area contributed by atoms with Gasteiger partial charge in [0.25, 0.3) is 0 Å². The average molecular weight is 340 g/mol. The molecular formula is C12H6F6N2O3. The maximum Gasteiger partial charge on any atom is 0.212 e. The second kappa shape index (κ2) is 5.34. The van der Waals surface area contributed by atoms with E-state index in [1.807, 2.05) is 0 Å². The predicted molar refractivity (Wildman–Crippen MR) is 64.9 cm³/mol. The summed E-state index contributed by atoms with van der Waals surface area (Å²) in [5.41, 5.74) is 7.06. The molecule has 0 aromatic heterocycles. The number of nitrogens with two attached hydrogens (primary N) is 2. The highest BCUT2D eigenvalue weighted by Gasteiger charge is 2.30. The first-order valence-electron chi connectivity index (χ1n) is 5.57. The Hall–Kier alpha value is -2.98. The van der Waals surface area contributed by atoms with Crippen LogP contribution < -0.4 is 16.2 Å². The van der Waals surface area contributed by atoms with Crippen molar-refractivity contribution in [1.82, 2.24) is 0 Å². The van der Waals surface area contributed by atoms with Crippen LogP contribution in [0.2, 0.25) is 0 Å². The third-order valence-corrected chi connectivity index (χ3v) is 2.79. The minimum absolute atomic E-state index is 1.32. The van der Waals surface area contributed by atoms with Gasteiger partial charge in [-0.25, -0.2) is 8.78 Å². The SMILES string of the molecule is Nc1c(O)c(F)c(Oc2c(F)c(O)c(N)c(F)c2F)c(F)c1F. The van der Waals surface area contributed by atoms with Crippen LogP contribution in [0.1, 0.15) is 0 Å². The Kier molecular flexibility index (Phi) is 3.80. The molecule has 0 fully saturated rings. The van der Waals surface area contributed by atoms with E-state index in [1.54, 1.807) is 0 Å². The third-order valence-electron chi connectivity index (χ3n) is 2.79. The lowest BCUT2D eigenvalue weighted by atomic mass is 10.2. The Morgan fingerprint density at radius 3 is 1.17 bits per heavy atom. The molecule has 0 aliphatic carbocycles. The zero-order valence-electron chi connectivity index (χ0n) is 10.7. The molecule has 0 radical (unpaired) electrons. The summed E-state index contributed by atoms with van der Waals surface area (Å²) in [5, 5.41) is 18.3. The van der Waals surface area contributed by atoms with E-state index in [1.165, 1.54) is 0 Å². The fourth-order valence-electron chi connectivity index (χ4n) is 1.57. The van der Waals surface area contributed by atoms with E-state index >= 15 is 0 Å². The fourth-order valence-corrected chi connectivity index (χ4v) is 1.57. The van der Waals surface area contributed by atoms with Crippen molar-refractivity contribution >= 4 is 11.4 Å². The highest BCUT2D eigenvalue weighted by Crippen LogP contribution is 2.43. The molecule has 0 unspecified atom stereocenters. The van der Waals surface area contributed by atoms with Crippen LogP contribution in [0, 0.1) is 34.9 Å². The van der Waals surface area contributed by atoms with Gasteiger partial charge in [-0.3, -0.25) is 0 Å². The first-order chi connectivity index (χ1) is 10.6. The molecule has 0 bridgehead atoms. The Morgan fingerprint density at radius 1 is 0.565 bits per heavy atom. The number of ether oxygens (including phenoxy) is 1. The van der Waals surface area contributed by atoms with Crippen LogP contribution in [0.5, 0.6) is 23.0 Å². The molecule has 0 atom stereocenters. The van der Waals surface area contributed by atoms with Gasteiger partial charge in [-0.1, -0.05) is 0 Å². The quantitative estimate of drug-likeness (QED) is 0.291. The van der Waals surface area contributed by atoms with Gasteiger partial charge in [-0.15, -0.1) is 0 Å². The van der Waals surface area contributed by atoms with E-state index in [0.717, 1.165) is 0 Å². The van der Waals surface area contributed by atoms with Gasteiger partial charge in [0.15, 0.2) is 23.1 Å². The predicted octanol–water partition coefficient (Wildman–Crippen LogP) is 2.89. The summed E-state index contributed by atoms with van der Waals surface area (Å²) in [6, 6.07) is 0. The zero-order valence-corrected chi connectivity index (χ0v) is 10.7. The summed E-state index contributed by atoms with van der Waals surface area (Å²) < 4.78 is 85.2. The Labute approximate surface area is 123 Å². The van der Waals surface area contributed by atoms with Crippen LogP contribution in [0.4, 0.5) is 37.7 Å². The maximum atomic E-state index is 13.6. The molecule has 2 aromatic rings. The summed E-state index contributed by atoms with van der Waals surface area (Å²) >= 11 is 0. The molecule has 0 aliphatic rings. The Morgan fingerprint density at radius 2 is 0.870 bits per heavy atom. The van der Waals surface area contributed by atoms with Gasteiger partial charge in [0, 0.05) is 0 Å². The second-order valence-corrected chi connectivity index (χ2v) is 4.17. The van der Waals surface area contributed by atoms with Crippen molar-refractivity contribution < 1.29 is 41.3 Å². The summed E-state index contributed by atoms with van der Waals surface area (Å²) in [5.74, 6) is -19.1. The van der Waals surface area contributed by atoms with Crippen molar-refractivity contribution in [3.8, 4) is 23.0 Å². The molecule has 0 saturated carbocycles. The Balaban J connectivity index is 2.71. The molecule has 0 heterocycles. The molecule has 5 nitrogen and oxygen atoms in total. The molecule has 2 aromatic carbocycles. The number of halogens is 6. The number of hydrogen-bond acceptors (Lipinski definition) is 5. The first kappa shape index (κ1) is 16.4. The van der Waals surface area contributed by atoms with Crippen LogP contribution in [-0.2, 0) is 0 Å². The zero-order chi connectivity index (χ0) is 17.6. The standard InChI is InChI=1S/C12H6F6N2O3/c13-1-3(15)11(5(17)9(21)7(1)19)23-12-4(16)2(14)8(20)10(22)6(12)18/h21-22H,19-20H2. The normalized spacial score (nSPS) is 10.9. The van der Waals surface area contributed by atoms with Gasteiger partial charge in [-0.05, 0) is 0 Å². The van der Waals surface area contributed by atoms with Crippen LogP contribution in [-0.4, -0.2) is 10.2 Å². The number of hydrogen-bond donors (Lipinski definition) is 4. The summed E-state index contributed by atoms with van der Waals surface area (Å²) in [7, 11) is 0. The third kappa shape index (κ3) is 2.29. The minimum atomic E-state index is -2.15. The summed E-state index contributed by atoms with van der Waals surface area (Å²) in [4.78, 5) is 0. The fraction of sp³-hybridized carbons (Fsp3) is 0. The van der Waals surface area contributed by atoms with Crippen LogP contribution in [0.25, 0.3) is 0 Å². The number of benzene rings is 2. The highest BCUT2D eigenvalue weighted by atomic mass is 19.2. The lowest BCUT2D eigenvalue weighted by Crippen LogP contribution is -2.06. The molecule has 0 saturated heterocycles. The van der Waals surface area contributed by atoms with Crippen molar-refractivity contribution in [3.05, 3.63) is 34.9 Å². The largest absolute Gasteiger partial charge is 0.503 e. The Bertz CT molecular complexity index is 702. The van der Waals surface area contributed by atoms with Crippen LogP contribution in [0.15, 0.2) is 0 Å². The van der Waals surface area contributed by atoms with E-state index in [-0.39, 0.29) is 0 Å². The van der Waals surface area contributed by atoms with E-state index in [4.69, 9.17) is 21.7 Å². The number of nitrogen functional groups attached to an aromatic ring is 2. The number of anilines is 2.